The number of thiazole rings is 1. The van der Waals surface area contributed by atoms with Gasteiger partial charge in [0.1, 0.15) is 0 Å². The predicted molar refractivity (Wildman–Crippen MR) is 92.8 cm³/mol. The highest BCUT2D eigenvalue weighted by Gasteiger charge is 2.22. The smallest absolute Gasteiger partial charge is 0.0989 e. The van der Waals surface area contributed by atoms with E-state index in [1.807, 2.05) is 11.3 Å². The Labute approximate surface area is 132 Å². The SMILES string of the molecule is CC(C)CNCc1sc(C(C)(C)C)nc1-c1ccccc1. The van der Waals surface area contributed by atoms with Crippen molar-refractivity contribution in [1.82, 2.24) is 10.3 Å². The van der Waals surface area contributed by atoms with Crippen molar-refractivity contribution in [1.29, 1.82) is 0 Å². The molecule has 0 saturated heterocycles. The Kier molecular flexibility index (Phi) is 5.17. The molecule has 114 valence electrons. The lowest BCUT2D eigenvalue weighted by Gasteiger charge is -2.13. The van der Waals surface area contributed by atoms with Crippen molar-refractivity contribution in [2.45, 2.75) is 46.6 Å². The molecule has 0 fully saturated rings. The van der Waals surface area contributed by atoms with Crippen molar-refractivity contribution in [3.8, 4) is 11.3 Å². The first-order chi connectivity index (χ1) is 9.88. The Morgan fingerprint density at radius 3 is 2.38 bits per heavy atom. The zero-order chi connectivity index (χ0) is 15.5. The second-order valence-electron chi connectivity index (χ2n) is 6.93. The molecular formula is C18H26N2S. The number of benzene rings is 1. The first-order valence-electron chi connectivity index (χ1n) is 7.64. The minimum atomic E-state index is 0.102. The molecule has 3 heteroatoms. The van der Waals surface area contributed by atoms with Crippen LogP contribution in [0.3, 0.4) is 0 Å². The highest BCUT2D eigenvalue weighted by molar-refractivity contribution is 7.12. The normalized spacial score (nSPS) is 12.1. The molecule has 1 N–H and O–H groups in total. The Hall–Kier alpha value is -1.19. The van der Waals surface area contributed by atoms with Crippen LogP contribution in [-0.4, -0.2) is 11.5 Å². The summed E-state index contributed by atoms with van der Waals surface area (Å²) in [6.45, 7) is 13.1. The molecule has 0 spiro atoms. The maximum absolute atomic E-state index is 4.93. The standard InChI is InChI=1S/C18H26N2S/c1-13(2)11-19-12-15-16(14-9-7-6-8-10-14)20-17(21-15)18(3,4)5/h6-10,13,19H,11-12H2,1-5H3. The maximum Gasteiger partial charge on any atom is 0.0989 e. The maximum atomic E-state index is 4.93. The average molecular weight is 302 g/mol. The molecule has 1 heterocycles. The Morgan fingerprint density at radius 2 is 1.81 bits per heavy atom. The number of hydrogen-bond donors (Lipinski definition) is 1. The van der Waals surface area contributed by atoms with Gasteiger partial charge in [0.25, 0.3) is 0 Å². The van der Waals surface area contributed by atoms with Crippen LogP contribution in [0.2, 0.25) is 0 Å². The third kappa shape index (κ3) is 4.39. The number of aromatic nitrogens is 1. The molecule has 0 unspecified atom stereocenters. The van der Waals surface area contributed by atoms with Gasteiger partial charge in [0, 0.05) is 22.4 Å². The first-order valence-corrected chi connectivity index (χ1v) is 8.46. The van der Waals surface area contributed by atoms with Crippen molar-refractivity contribution >= 4 is 11.3 Å². The van der Waals surface area contributed by atoms with Gasteiger partial charge in [-0.2, -0.15) is 0 Å². The van der Waals surface area contributed by atoms with Gasteiger partial charge < -0.3 is 5.32 Å². The molecule has 2 rings (SSSR count). The van der Waals surface area contributed by atoms with E-state index in [4.69, 9.17) is 4.98 Å². The van der Waals surface area contributed by atoms with Gasteiger partial charge in [0.15, 0.2) is 0 Å². The summed E-state index contributed by atoms with van der Waals surface area (Å²) >= 11 is 1.84. The van der Waals surface area contributed by atoms with Crippen molar-refractivity contribution in [3.05, 3.63) is 40.2 Å². The second kappa shape index (κ2) is 6.71. The topological polar surface area (TPSA) is 24.9 Å². The van der Waals surface area contributed by atoms with Gasteiger partial charge in [-0.1, -0.05) is 65.0 Å². The Bertz CT molecular complexity index is 565. The van der Waals surface area contributed by atoms with E-state index in [0.29, 0.717) is 5.92 Å². The van der Waals surface area contributed by atoms with Crippen LogP contribution in [0.15, 0.2) is 30.3 Å². The van der Waals surface area contributed by atoms with Gasteiger partial charge >= 0.3 is 0 Å². The van der Waals surface area contributed by atoms with Crippen molar-refractivity contribution in [3.63, 3.8) is 0 Å². The van der Waals surface area contributed by atoms with Gasteiger partial charge in [-0.25, -0.2) is 4.98 Å². The lowest BCUT2D eigenvalue weighted by Crippen LogP contribution is -2.18. The summed E-state index contributed by atoms with van der Waals surface area (Å²) in [5.74, 6) is 0.667. The summed E-state index contributed by atoms with van der Waals surface area (Å²) in [5, 5.41) is 4.76. The van der Waals surface area contributed by atoms with E-state index in [-0.39, 0.29) is 5.41 Å². The van der Waals surface area contributed by atoms with Crippen LogP contribution in [0.4, 0.5) is 0 Å². The van der Waals surface area contributed by atoms with Crippen LogP contribution in [0.25, 0.3) is 11.3 Å². The monoisotopic (exact) mass is 302 g/mol. The Morgan fingerprint density at radius 1 is 1.14 bits per heavy atom. The van der Waals surface area contributed by atoms with Gasteiger partial charge in [-0.15, -0.1) is 11.3 Å². The van der Waals surface area contributed by atoms with E-state index in [9.17, 15) is 0 Å². The number of hydrogen-bond acceptors (Lipinski definition) is 3. The molecule has 2 aromatic rings. The first kappa shape index (κ1) is 16.2. The number of nitrogens with zero attached hydrogens (tertiary/aromatic N) is 1. The lowest BCUT2D eigenvalue weighted by atomic mass is 9.98. The Balaban J connectivity index is 2.30. The summed E-state index contributed by atoms with van der Waals surface area (Å²) < 4.78 is 0. The summed E-state index contributed by atoms with van der Waals surface area (Å²) in [6, 6.07) is 10.5. The highest BCUT2D eigenvalue weighted by atomic mass is 32.1. The third-order valence-corrected chi connectivity index (χ3v) is 4.71. The van der Waals surface area contributed by atoms with Crippen LogP contribution in [-0.2, 0) is 12.0 Å². The fourth-order valence-electron chi connectivity index (χ4n) is 2.09. The largest absolute Gasteiger partial charge is 0.312 e. The van der Waals surface area contributed by atoms with Crippen molar-refractivity contribution in [2.24, 2.45) is 5.92 Å². The van der Waals surface area contributed by atoms with Gasteiger partial charge in [-0.05, 0) is 12.5 Å². The molecule has 0 aliphatic carbocycles. The van der Waals surface area contributed by atoms with Crippen LogP contribution in [0.1, 0.15) is 44.5 Å². The van der Waals surface area contributed by atoms with Crippen LogP contribution in [0, 0.1) is 5.92 Å². The average Bonchev–Trinajstić information content (AvgIpc) is 2.83. The molecule has 1 aromatic carbocycles. The molecule has 0 saturated carbocycles. The number of rotatable bonds is 5. The minimum absolute atomic E-state index is 0.102. The van der Waals surface area contributed by atoms with Crippen molar-refractivity contribution in [2.75, 3.05) is 6.54 Å². The van der Waals surface area contributed by atoms with Gasteiger partial charge in [0.2, 0.25) is 0 Å². The predicted octanol–water partition coefficient (Wildman–Crippen LogP) is 4.85. The van der Waals surface area contributed by atoms with Crippen molar-refractivity contribution < 1.29 is 0 Å². The summed E-state index contributed by atoms with van der Waals surface area (Å²) in [5.41, 5.74) is 2.46. The molecule has 0 aliphatic heterocycles. The van der Waals surface area contributed by atoms with E-state index in [0.717, 1.165) is 18.8 Å². The van der Waals surface area contributed by atoms with Crippen LogP contribution < -0.4 is 5.32 Å². The van der Waals surface area contributed by atoms with E-state index < -0.39 is 0 Å². The molecule has 0 radical (unpaired) electrons. The number of nitrogens with one attached hydrogen (secondary N) is 1. The summed E-state index contributed by atoms with van der Waals surface area (Å²) in [7, 11) is 0. The van der Waals surface area contributed by atoms with E-state index in [2.05, 4.69) is 70.3 Å². The second-order valence-corrected chi connectivity index (χ2v) is 8.02. The molecule has 0 atom stereocenters. The fourth-order valence-corrected chi connectivity index (χ4v) is 3.20. The van der Waals surface area contributed by atoms with E-state index >= 15 is 0 Å². The quantitative estimate of drug-likeness (QED) is 0.853. The fraction of sp³-hybridized carbons (Fsp3) is 0.500. The third-order valence-electron chi connectivity index (χ3n) is 3.22. The highest BCUT2D eigenvalue weighted by Crippen LogP contribution is 2.34. The van der Waals surface area contributed by atoms with Crippen LogP contribution >= 0.6 is 11.3 Å². The molecule has 0 aliphatic rings. The molecule has 0 bridgehead atoms. The zero-order valence-corrected chi connectivity index (χ0v) is 14.6. The molecule has 21 heavy (non-hydrogen) atoms. The van der Waals surface area contributed by atoms with Gasteiger partial charge in [-0.3, -0.25) is 0 Å². The molecule has 2 nitrogen and oxygen atoms in total. The molecular weight excluding hydrogens is 276 g/mol. The summed E-state index contributed by atoms with van der Waals surface area (Å²) in [6.07, 6.45) is 0. The molecule has 0 amide bonds. The van der Waals surface area contributed by atoms with Crippen LogP contribution in [0.5, 0.6) is 0 Å². The summed E-state index contributed by atoms with van der Waals surface area (Å²) in [4.78, 5) is 6.27. The zero-order valence-electron chi connectivity index (χ0n) is 13.7. The van der Waals surface area contributed by atoms with Gasteiger partial charge in [0.05, 0.1) is 10.7 Å². The molecule has 1 aromatic heterocycles. The van der Waals surface area contributed by atoms with E-state index in [1.165, 1.54) is 15.4 Å². The lowest BCUT2D eigenvalue weighted by molar-refractivity contribution is 0.555. The minimum Gasteiger partial charge on any atom is -0.312 e. The van der Waals surface area contributed by atoms with E-state index in [1.54, 1.807) is 0 Å².